The number of hydrazone groups is 1. The summed E-state index contributed by atoms with van der Waals surface area (Å²) in [5.74, 6) is 0.721. The molecule has 0 saturated carbocycles. The normalized spacial score (nSPS) is 11.1. The Labute approximate surface area is 204 Å². The molecule has 4 nitrogen and oxygen atoms in total. The zero-order valence-corrected chi connectivity index (χ0v) is 20.8. The number of benzene rings is 2. The van der Waals surface area contributed by atoms with Crippen LogP contribution in [0.5, 0.6) is 5.75 Å². The highest BCUT2D eigenvalue weighted by molar-refractivity contribution is 6.30. The van der Waals surface area contributed by atoms with Crippen molar-refractivity contribution in [1.82, 2.24) is 5.43 Å². The molecule has 0 aromatic heterocycles. The summed E-state index contributed by atoms with van der Waals surface area (Å²) in [6.45, 7) is 2.72. The zero-order valence-electron chi connectivity index (χ0n) is 20.0. The van der Waals surface area contributed by atoms with Crippen LogP contribution < -0.4 is 10.2 Å². The van der Waals surface area contributed by atoms with Crippen LogP contribution in [0.3, 0.4) is 0 Å². The summed E-state index contributed by atoms with van der Waals surface area (Å²) < 4.78 is 5.83. The molecule has 180 valence electrons. The number of amides is 1. The molecule has 0 saturated heterocycles. The average Bonchev–Trinajstić information content (AvgIpc) is 2.82. The SMILES string of the molecule is CCCCCCCCCCCCCC(=O)N/N=C/c1cccc(OCc2ccc(Cl)cc2)c1. The van der Waals surface area contributed by atoms with E-state index in [0.717, 1.165) is 29.7 Å². The smallest absolute Gasteiger partial charge is 0.240 e. The third kappa shape index (κ3) is 13.1. The molecule has 2 aromatic rings. The zero-order chi connectivity index (χ0) is 23.6. The van der Waals surface area contributed by atoms with E-state index in [1.807, 2.05) is 48.5 Å². The van der Waals surface area contributed by atoms with Gasteiger partial charge in [-0.25, -0.2) is 5.43 Å². The number of nitrogens with one attached hydrogen (secondary N) is 1. The molecular weight excluding hydrogens is 432 g/mol. The first kappa shape index (κ1) is 26.9. The topological polar surface area (TPSA) is 50.7 Å². The fraction of sp³-hybridized carbons (Fsp3) is 0.500. The molecule has 0 bridgehead atoms. The predicted octanol–water partition coefficient (Wildman–Crippen LogP) is 8.07. The highest BCUT2D eigenvalue weighted by Crippen LogP contribution is 2.16. The predicted molar refractivity (Wildman–Crippen MR) is 139 cm³/mol. The molecule has 0 atom stereocenters. The number of unbranched alkanes of at least 4 members (excludes halogenated alkanes) is 10. The third-order valence-corrected chi connectivity index (χ3v) is 5.84. The van der Waals surface area contributed by atoms with Crippen molar-refractivity contribution in [2.24, 2.45) is 5.10 Å². The van der Waals surface area contributed by atoms with Gasteiger partial charge in [0.25, 0.3) is 0 Å². The van der Waals surface area contributed by atoms with E-state index in [9.17, 15) is 4.79 Å². The van der Waals surface area contributed by atoms with E-state index in [0.29, 0.717) is 18.1 Å². The van der Waals surface area contributed by atoms with Crippen LogP contribution in [0.4, 0.5) is 0 Å². The maximum atomic E-state index is 12.0. The molecule has 1 N–H and O–H groups in total. The van der Waals surface area contributed by atoms with E-state index in [1.165, 1.54) is 57.8 Å². The number of ether oxygens (including phenoxy) is 1. The van der Waals surface area contributed by atoms with E-state index in [1.54, 1.807) is 6.21 Å². The first-order valence-corrected chi connectivity index (χ1v) is 12.8. The van der Waals surface area contributed by atoms with E-state index >= 15 is 0 Å². The highest BCUT2D eigenvalue weighted by atomic mass is 35.5. The van der Waals surface area contributed by atoms with Crippen molar-refractivity contribution in [1.29, 1.82) is 0 Å². The molecule has 2 aromatic carbocycles. The van der Waals surface area contributed by atoms with Crippen LogP contribution in [0, 0.1) is 0 Å². The molecule has 0 heterocycles. The summed E-state index contributed by atoms with van der Waals surface area (Å²) in [4.78, 5) is 12.0. The standard InChI is InChI=1S/C28H39ClN2O2/c1-2-3-4-5-6-7-8-9-10-11-12-16-28(32)31-30-22-25-14-13-15-27(21-25)33-23-24-17-19-26(29)20-18-24/h13-15,17-22H,2-12,16,23H2,1H3,(H,31,32)/b30-22+. The van der Waals surface area contributed by atoms with Gasteiger partial charge in [0.15, 0.2) is 0 Å². The van der Waals surface area contributed by atoms with E-state index in [-0.39, 0.29) is 5.91 Å². The number of halogens is 1. The van der Waals surface area contributed by atoms with Crippen LogP contribution in [0.25, 0.3) is 0 Å². The molecular formula is C28H39ClN2O2. The van der Waals surface area contributed by atoms with Crippen molar-refractivity contribution in [2.45, 2.75) is 90.6 Å². The summed E-state index contributed by atoms with van der Waals surface area (Å²) >= 11 is 5.91. The molecule has 0 fully saturated rings. The first-order valence-electron chi connectivity index (χ1n) is 12.5. The molecule has 5 heteroatoms. The van der Waals surface area contributed by atoms with Crippen LogP contribution in [0.1, 0.15) is 95.1 Å². The lowest BCUT2D eigenvalue weighted by atomic mass is 10.1. The number of carbonyl (C=O) groups is 1. The molecule has 0 unspecified atom stereocenters. The highest BCUT2D eigenvalue weighted by Gasteiger charge is 2.01. The Balaban J connectivity index is 1.54. The molecule has 33 heavy (non-hydrogen) atoms. The Bertz CT molecular complexity index is 821. The summed E-state index contributed by atoms with van der Waals surface area (Å²) in [5.41, 5.74) is 4.55. The van der Waals surface area contributed by atoms with Gasteiger partial charge in [-0.2, -0.15) is 5.10 Å². The lowest BCUT2D eigenvalue weighted by Gasteiger charge is -2.07. The van der Waals surface area contributed by atoms with Crippen LogP contribution in [0.15, 0.2) is 53.6 Å². The number of rotatable bonds is 17. The van der Waals surface area contributed by atoms with Crippen molar-refractivity contribution in [2.75, 3.05) is 0 Å². The van der Waals surface area contributed by atoms with Gasteiger partial charge in [-0.3, -0.25) is 4.79 Å². The number of nitrogens with zero attached hydrogens (tertiary/aromatic N) is 1. The lowest BCUT2D eigenvalue weighted by molar-refractivity contribution is -0.121. The minimum atomic E-state index is -0.0303. The Morgan fingerprint density at radius 2 is 1.55 bits per heavy atom. The maximum absolute atomic E-state index is 12.0. The second-order valence-corrected chi connectivity index (χ2v) is 9.00. The molecule has 0 aliphatic carbocycles. The monoisotopic (exact) mass is 470 g/mol. The van der Waals surface area contributed by atoms with Crippen molar-refractivity contribution in [3.05, 3.63) is 64.7 Å². The fourth-order valence-corrected chi connectivity index (χ4v) is 3.74. The minimum Gasteiger partial charge on any atom is -0.489 e. The summed E-state index contributed by atoms with van der Waals surface area (Å²) in [6, 6.07) is 15.2. The van der Waals surface area contributed by atoms with Crippen LogP contribution in [0.2, 0.25) is 5.02 Å². The van der Waals surface area contributed by atoms with E-state index in [4.69, 9.17) is 16.3 Å². The van der Waals surface area contributed by atoms with Crippen molar-refractivity contribution in [3.63, 3.8) is 0 Å². The Kier molecular flexibility index (Phi) is 14.0. The minimum absolute atomic E-state index is 0.0303. The molecule has 0 radical (unpaired) electrons. The van der Waals surface area contributed by atoms with Gasteiger partial charge >= 0.3 is 0 Å². The van der Waals surface area contributed by atoms with Crippen molar-refractivity contribution < 1.29 is 9.53 Å². The van der Waals surface area contributed by atoms with Gasteiger partial charge in [0.1, 0.15) is 12.4 Å². The van der Waals surface area contributed by atoms with Crippen molar-refractivity contribution >= 4 is 23.7 Å². The van der Waals surface area contributed by atoms with Gasteiger partial charge in [0, 0.05) is 11.4 Å². The van der Waals surface area contributed by atoms with Crippen molar-refractivity contribution in [3.8, 4) is 5.75 Å². The average molecular weight is 471 g/mol. The Morgan fingerprint density at radius 3 is 2.21 bits per heavy atom. The summed E-state index contributed by atoms with van der Waals surface area (Å²) in [7, 11) is 0. The number of hydrogen-bond donors (Lipinski definition) is 1. The number of hydrogen-bond acceptors (Lipinski definition) is 3. The molecule has 0 aliphatic heterocycles. The van der Waals surface area contributed by atoms with Crippen LogP contribution >= 0.6 is 11.6 Å². The van der Waals surface area contributed by atoms with Crippen LogP contribution in [-0.4, -0.2) is 12.1 Å². The number of carbonyl (C=O) groups excluding carboxylic acids is 1. The fourth-order valence-electron chi connectivity index (χ4n) is 3.62. The Hall–Kier alpha value is -2.33. The summed E-state index contributed by atoms with van der Waals surface area (Å²) in [5, 5.41) is 4.80. The van der Waals surface area contributed by atoms with Gasteiger partial charge in [0.2, 0.25) is 5.91 Å². The first-order chi connectivity index (χ1) is 16.2. The molecule has 1 amide bonds. The molecule has 0 spiro atoms. The van der Waals surface area contributed by atoms with E-state index in [2.05, 4.69) is 17.5 Å². The summed E-state index contributed by atoms with van der Waals surface area (Å²) in [6.07, 6.45) is 16.2. The largest absolute Gasteiger partial charge is 0.489 e. The van der Waals surface area contributed by atoms with Gasteiger partial charge in [-0.05, 0) is 41.8 Å². The van der Waals surface area contributed by atoms with Gasteiger partial charge in [0.05, 0.1) is 6.21 Å². The van der Waals surface area contributed by atoms with Gasteiger partial charge in [-0.1, -0.05) is 107 Å². The van der Waals surface area contributed by atoms with Gasteiger partial charge < -0.3 is 4.74 Å². The second kappa shape index (κ2) is 17.2. The lowest BCUT2D eigenvalue weighted by Crippen LogP contribution is -2.16. The van der Waals surface area contributed by atoms with Gasteiger partial charge in [-0.15, -0.1) is 0 Å². The molecule has 2 rings (SSSR count). The maximum Gasteiger partial charge on any atom is 0.240 e. The third-order valence-electron chi connectivity index (χ3n) is 5.59. The van der Waals surface area contributed by atoms with Crippen LogP contribution in [-0.2, 0) is 11.4 Å². The molecule has 0 aliphatic rings. The second-order valence-electron chi connectivity index (χ2n) is 8.57. The Morgan fingerprint density at radius 1 is 0.909 bits per heavy atom. The van der Waals surface area contributed by atoms with E-state index < -0.39 is 0 Å². The quantitative estimate of drug-likeness (QED) is 0.144.